The molecule has 1 aliphatic heterocycles. The van der Waals surface area contributed by atoms with Gasteiger partial charge < -0.3 is 4.90 Å². The Morgan fingerprint density at radius 1 is 1.50 bits per heavy atom. The summed E-state index contributed by atoms with van der Waals surface area (Å²) >= 11 is 6.17. The van der Waals surface area contributed by atoms with Crippen LogP contribution in [0.5, 0.6) is 0 Å². The molecule has 2 nitrogen and oxygen atoms in total. The van der Waals surface area contributed by atoms with E-state index in [1.54, 1.807) is 0 Å². The van der Waals surface area contributed by atoms with Gasteiger partial charge in [-0.3, -0.25) is 4.79 Å². The maximum Gasteiger partial charge on any atom is 0.151 e. The van der Waals surface area contributed by atoms with Crippen LogP contribution in [0.3, 0.4) is 0 Å². The van der Waals surface area contributed by atoms with Crippen molar-refractivity contribution in [1.82, 2.24) is 0 Å². The highest BCUT2D eigenvalue weighted by Gasteiger charge is 2.35. The molecular weight excluding hydrogens is 246 g/mol. The van der Waals surface area contributed by atoms with E-state index in [0.717, 1.165) is 19.3 Å². The Kier molecular flexibility index (Phi) is 3.41. The molecule has 0 aromatic heterocycles. The molecule has 0 N–H and O–H groups in total. The second-order valence-electron chi connectivity index (χ2n) is 5.71. The van der Waals surface area contributed by atoms with Gasteiger partial charge in [0.1, 0.15) is 0 Å². The van der Waals surface area contributed by atoms with Gasteiger partial charge in [-0.1, -0.05) is 18.5 Å². The van der Waals surface area contributed by atoms with E-state index in [9.17, 15) is 4.79 Å². The first-order valence-corrected chi connectivity index (χ1v) is 6.84. The van der Waals surface area contributed by atoms with Crippen molar-refractivity contribution in [3.63, 3.8) is 0 Å². The summed E-state index contributed by atoms with van der Waals surface area (Å²) in [6.07, 6.45) is 1.93. The van der Waals surface area contributed by atoms with Crippen LogP contribution in [0.25, 0.3) is 0 Å². The van der Waals surface area contributed by atoms with Gasteiger partial charge in [-0.05, 0) is 50.8 Å². The third kappa shape index (κ3) is 2.03. The molecule has 1 aliphatic rings. The molecule has 1 atom stereocenters. The van der Waals surface area contributed by atoms with Crippen molar-refractivity contribution in [2.24, 2.45) is 0 Å². The van der Waals surface area contributed by atoms with Gasteiger partial charge in [0.15, 0.2) is 6.29 Å². The van der Waals surface area contributed by atoms with Crippen LogP contribution in [0, 0.1) is 0 Å². The van der Waals surface area contributed by atoms with Crippen LogP contribution in [0.15, 0.2) is 12.1 Å². The number of aldehydes is 1. The van der Waals surface area contributed by atoms with Crippen molar-refractivity contribution in [3.8, 4) is 0 Å². The molecule has 0 radical (unpaired) electrons. The third-order valence-corrected chi connectivity index (χ3v) is 4.27. The van der Waals surface area contributed by atoms with Gasteiger partial charge >= 0.3 is 0 Å². The van der Waals surface area contributed by atoms with Crippen LogP contribution in [0.1, 0.15) is 56.0 Å². The first kappa shape index (κ1) is 13.4. The Labute approximate surface area is 114 Å². The lowest BCUT2D eigenvalue weighted by Crippen LogP contribution is -2.48. The lowest BCUT2D eigenvalue weighted by atomic mass is 9.79. The Hall–Kier alpha value is -1.02. The van der Waals surface area contributed by atoms with Crippen LogP contribution in [-0.4, -0.2) is 18.4 Å². The molecule has 3 heteroatoms. The predicted molar refractivity (Wildman–Crippen MR) is 77.0 cm³/mol. The standard InChI is InChI=1S/C15H20ClNO/c1-5-17-14-7-13(16)11(9-18)6-12(14)10(2)8-15(17,3)4/h6-7,9-10H,5,8H2,1-4H3. The fraction of sp³-hybridized carbons (Fsp3) is 0.533. The maximum absolute atomic E-state index is 11.0. The molecule has 1 heterocycles. The lowest BCUT2D eigenvalue weighted by molar-refractivity contribution is 0.112. The molecule has 0 saturated heterocycles. The molecule has 98 valence electrons. The molecule has 0 saturated carbocycles. The van der Waals surface area contributed by atoms with E-state index in [-0.39, 0.29) is 5.54 Å². The summed E-state index contributed by atoms with van der Waals surface area (Å²) in [6.45, 7) is 9.84. The quantitative estimate of drug-likeness (QED) is 0.745. The molecule has 0 fully saturated rings. The molecule has 0 bridgehead atoms. The van der Waals surface area contributed by atoms with E-state index < -0.39 is 0 Å². The number of hydrogen-bond acceptors (Lipinski definition) is 2. The third-order valence-electron chi connectivity index (χ3n) is 3.95. The molecule has 1 unspecified atom stereocenters. The van der Waals surface area contributed by atoms with E-state index in [1.807, 2.05) is 12.1 Å². The normalized spacial score (nSPS) is 21.6. The zero-order chi connectivity index (χ0) is 13.5. The predicted octanol–water partition coefficient (Wildman–Crippen LogP) is 4.26. The van der Waals surface area contributed by atoms with Gasteiger partial charge in [-0.15, -0.1) is 0 Å². The highest BCUT2D eigenvalue weighted by molar-refractivity contribution is 6.33. The number of hydrogen-bond donors (Lipinski definition) is 0. The van der Waals surface area contributed by atoms with E-state index >= 15 is 0 Å². The van der Waals surface area contributed by atoms with Gasteiger partial charge in [-0.25, -0.2) is 0 Å². The summed E-state index contributed by atoms with van der Waals surface area (Å²) in [5, 5.41) is 0.548. The average molecular weight is 266 g/mol. The first-order valence-electron chi connectivity index (χ1n) is 6.47. The van der Waals surface area contributed by atoms with Crippen LogP contribution < -0.4 is 4.90 Å². The van der Waals surface area contributed by atoms with Crippen LogP contribution in [0.2, 0.25) is 5.02 Å². The highest BCUT2D eigenvalue weighted by Crippen LogP contribution is 2.44. The molecule has 1 aromatic carbocycles. The molecule has 0 aliphatic carbocycles. The molecule has 18 heavy (non-hydrogen) atoms. The van der Waals surface area contributed by atoms with Crippen molar-refractivity contribution >= 4 is 23.6 Å². The summed E-state index contributed by atoms with van der Waals surface area (Å²) in [7, 11) is 0. The number of carbonyl (C=O) groups excluding carboxylic acids is 1. The van der Waals surface area contributed by atoms with Gasteiger partial charge in [0, 0.05) is 23.3 Å². The Bertz CT molecular complexity index is 482. The van der Waals surface area contributed by atoms with Gasteiger partial charge in [0.25, 0.3) is 0 Å². The van der Waals surface area contributed by atoms with E-state index in [4.69, 9.17) is 11.6 Å². The molecule has 2 rings (SSSR count). The van der Waals surface area contributed by atoms with Crippen LogP contribution >= 0.6 is 11.6 Å². The van der Waals surface area contributed by atoms with Crippen LogP contribution in [0.4, 0.5) is 5.69 Å². The molecule has 0 spiro atoms. The average Bonchev–Trinajstić information content (AvgIpc) is 2.27. The summed E-state index contributed by atoms with van der Waals surface area (Å²) in [5.74, 6) is 0.453. The number of rotatable bonds is 2. The summed E-state index contributed by atoms with van der Waals surface area (Å²) < 4.78 is 0. The van der Waals surface area contributed by atoms with Crippen molar-refractivity contribution in [2.75, 3.05) is 11.4 Å². The fourth-order valence-electron chi connectivity index (χ4n) is 3.21. The molecular formula is C15H20ClNO. The second-order valence-corrected chi connectivity index (χ2v) is 6.12. The smallest absolute Gasteiger partial charge is 0.151 e. The van der Waals surface area contributed by atoms with Crippen LogP contribution in [-0.2, 0) is 0 Å². The zero-order valence-corrected chi connectivity index (χ0v) is 12.2. The van der Waals surface area contributed by atoms with Gasteiger partial charge in [-0.2, -0.15) is 0 Å². The number of nitrogens with zero attached hydrogens (tertiary/aromatic N) is 1. The Morgan fingerprint density at radius 2 is 2.17 bits per heavy atom. The Morgan fingerprint density at radius 3 is 2.72 bits per heavy atom. The summed E-state index contributed by atoms with van der Waals surface area (Å²) in [4.78, 5) is 13.4. The van der Waals surface area contributed by atoms with E-state index in [1.165, 1.54) is 11.3 Å². The number of carbonyl (C=O) groups is 1. The number of anilines is 1. The largest absolute Gasteiger partial charge is 0.366 e. The molecule has 0 amide bonds. The number of benzene rings is 1. The van der Waals surface area contributed by atoms with Crippen molar-refractivity contribution in [2.45, 2.75) is 45.6 Å². The number of fused-ring (bicyclic) bond motifs is 1. The molecule has 1 aromatic rings. The minimum Gasteiger partial charge on any atom is -0.366 e. The van der Waals surface area contributed by atoms with Gasteiger partial charge in [0.05, 0.1) is 5.02 Å². The monoisotopic (exact) mass is 265 g/mol. The fourth-order valence-corrected chi connectivity index (χ4v) is 3.41. The summed E-state index contributed by atoms with van der Waals surface area (Å²) in [6, 6.07) is 3.90. The highest BCUT2D eigenvalue weighted by atomic mass is 35.5. The first-order chi connectivity index (χ1) is 8.40. The minimum absolute atomic E-state index is 0.132. The second kappa shape index (κ2) is 4.58. The lowest BCUT2D eigenvalue weighted by Gasteiger charge is -2.47. The SMILES string of the molecule is CCN1c2cc(Cl)c(C=O)cc2C(C)CC1(C)C. The van der Waals surface area contributed by atoms with Gasteiger partial charge in [0.2, 0.25) is 0 Å². The van der Waals surface area contributed by atoms with Crippen molar-refractivity contribution in [3.05, 3.63) is 28.3 Å². The van der Waals surface area contributed by atoms with E-state index in [2.05, 4.69) is 32.6 Å². The Balaban J connectivity index is 2.62. The van der Waals surface area contributed by atoms with E-state index in [0.29, 0.717) is 16.5 Å². The zero-order valence-electron chi connectivity index (χ0n) is 11.5. The van der Waals surface area contributed by atoms with Crippen molar-refractivity contribution < 1.29 is 4.79 Å². The summed E-state index contributed by atoms with van der Waals surface area (Å²) in [5.41, 5.74) is 3.14. The maximum atomic E-state index is 11.0. The minimum atomic E-state index is 0.132. The topological polar surface area (TPSA) is 20.3 Å². The number of halogens is 1. The van der Waals surface area contributed by atoms with Crippen molar-refractivity contribution in [1.29, 1.82) is 0 Å².